The van der Waals surface area contributed by atoms with Crippen LogP contribution >= 0.6 is 0 Å². The Labute approximate surface area is 110 Å². The Hall–Kier alpha value is -0.650. The highest BCUT2D eigenvalue weighted by molar-refractivity contribution is 5.80. The summed E-state index contributed by atoms with van der Waals surface area (Å²) in [6.07, 6.45) is 2.21. The van der Waals surface area contributed by atoms with Crippen LogP contribution in [-0.4, -0.2) is 56.4 Å². The number of carbonyl (C=O) groups excluding carboxylic acids is 1. The Morgan fingerprint density at radius 2 is 2.06 bits per heavy atom. The molecule has 0 aromatic heterocycles. The third-order valence-corrected chi connectivity index (χ3v) is 3.40. The fourth-order valence-electron chi connectivity index (χ4n) is 2.37. The summed E-state index contributed by atoms with van der Waals surface area (Å²) in [5, 5.41) is 0. The van der Waals surface area contributed by atoms with E-state index in [0.29, 0.717) is 19.1 Å². The maximum absolute atomic E-state index is 11.7. The van der Waals surface area contributed by atoms with Crippen molar-refractivity contribution >= 4 is 5.97 Å². The maximum atomic E-state index is 11.7. The standard InChI is InChI=1S/C13H26N2O3/c1-4-18-12(16)13(2,14)10-15-7-5-11(6-8-15)9-17-3/h11H,4-10,14H2,1-3H3. The second-order valence-corrected chi connectivity index (χ2v) is 5.31. The first-order valence-electron chi connectivity index (χ1n) is 6.67. The molecule has 18 heavy (non-hydrogen) atoms. The molecule has 0 bridgehead atoms. The van der Waals surface area contributed by atoms with Gasteiger partial charge in [-0.3, -0.25) is 4.79 Å². The molecule has 0 aromatic carbocycles. The molecular formula is C13H26N2O3. The van der Waals surface area contributed by atoms with Crippen LogP contribution in [-0.2, 0) is 14.3 Å². The summed E-state index contributed by atoms with van der Waals surface area (Å²) in [7, 11) is 1.74. The minimum absolute atomic E-state index is 0.316. The van der Waals surface area contributed by atoms with Gasteiger partial charge in [-0.25, -0.2) is 0 Å². The van der Waals surface area contributed by atoms with Gasteiger partial charge in [-0.15, -0.1) is 0 Å². The Kier molecular flexibility index (Phi) is 6.05. The largest absolute Gasteiger partial charge is 0.465 e. The normalized spacial score (nSPS) is 21.6. The van der Waals surface area contributed by atoms with Crippen molar-refractivity contribution in [1.29, 1.82) is 0 Å². The average Bonchev–Trinajstić information content (AvgIpc) is 2.32. The zero-order chi connectivity index (χ0) is 13.6. The molecule has 0 aliphatic carbocycles. The van der Waals surface area contributed by atoms with Crippen LogP contribution in [0, 0.1) is 5.92 Å². The fourth-order valence-corrected chi connectivity index (χ4v) is 2.37. The van der Waals surface area contributed by atoms with Crippen molar-refractivity contribution < 1.29 is 14.3 Å². The second kappa shape index (κ2) is 7.07. The van der Waals surface area contributed by atoms with Crippen molar-refractivity contribution in [3.63, 3.8) is 0 Å². The van der Waals surface area contributed by atoms with E-state index in [4.69, 9.17) is 15.2 Å². The Balaban J connectivity index is 2.37. The van der Waals surface area contributed by atoms with E-state index in [2.05, 4.69) is 4.90 Å². The first kappa shape index (κ1) is 15.4. The van der Waals surface area contributed by atoms with Crippen molar-refractivity contribution in [1.82, 2.24) is 4.90 Å². The number of hydrogen-bond acceptors (Lipinski definition) is 5. The number of nitrogens with zero attached hydrogens (tertiary/aromatic N) is 1. The molecule has 1 heterocycles. The molecule has 1 fully saturated rings. The van der Waals surface area contributed by atoms with Gasteiger partial charge in [-0.2, -0.15) is 0 Å². The zero-order valence-electron chi connectivity index (χ0n) is 11.8. The molecule has 1 aliphatic rings. The number of rotatable bonds is 6. The van der Waals surface area contributed by atoms with Crippen molar-refractivity contribution in [2.24, 2.45) is 11.7 Å². The van der Waals surface area contributed by atoms with E-state index in [1.807, 2.05) is 0 Å². The molecule has 0 amide bonds. The molecule has 0 radical (unpaired) electrons. The van der Waals surface area contributed by atoms with Gasteiger partial charge < -0.3 is 20.1 Å². The average molecular weight is 258 g/mol. The van der Waals surface area contributed by atoms with Crippen LogP contribution in [0.5, 0.6) is 0 Å². The summed E-state index contributed by atoms with van der Waals surface area (Å²) in [5.74, 6) is 0.321. The highest BCUT2D eigenvalue weighted by Crippen LogP contribution is 2.19. The summed E-state index contributed by atoms with van der Waals surface area (Å²) < 4.78 is 10.2. The van der Waals surface area contributed by atoms with Gasteiger partial charge in [0.25, 0.3) is 0 Å². The zero-order valence-corrected chi connectivity index (χ0v) is 11.8. The lowest BCUT2D eigenvalue weighted by Gasteiger charge is -2.35. The first-order chi connectivity index (χ1) is 8.49. The van der Waals surface area contributed by atoms with E-state index in [1.165, 1.54) is 0 Å². The van der Waals surface area contributed by atoms with Crippen LogP contribution in [0.1, 0.15) is 26.7 Å². The van der Waals surface area contributed by atoms with Crippen LogP contribution in [0.15, 0.2) is 0 Å². The summed E-state index contributed by atoms with van der Waals surface area (Å²) in [5.41, 5.74) is 5.12. The molecule has 1 atom stereocenters. The van der Waals surface area contributed by atoms with Crippen LogP contribution in [0.25, 0.3) is 0 Å². The van der Waals surface area contributed by atoms with Crippen molar-refractivity contribution in [2.75, 3.05) is 40.0 Å². The molecule has 5 heteroatoms. The third kappa shape index (κ3) is 4.55. The molecule has 5 nitrogen and oxygen atoms in total. The van der Waals surface area contributed by atoms with Gasteiger partial charge in [0.05, 0.1) is 6.61 Å². The first-order valence-corrected chi connectivity index (χ1v) is 6.67. The number of esters is 1. The predicted octanol–water partition coefficient (Wildman–Crippen LogP) is 0.625. The second-order valence-electron chi connectivity index (χ2n) is 5.31. The summed E-state index contributed by atoms with van der Waals surface area (Å²) in [6, 6.07) is 0. The van der Waals surface area contributed by atoms with Gasteiger partial charge in [-0.05, 0) is 45.7 Å². The number of nitrogens with two attached hydrogens (primary N) is 1. The molecule has 2 N–H and O–H groups in total. The van der Waals surface area contributed by atoms with Crippen LogP contribution in [0.2, 0.25) is 0 Å². The Bertz CT molecular complexity index is 261. The van der Waals surface area contributed by atoms with Gasteiger partial charge in [0.1, 0.15) is 5.54 Å². The topological polar surface area (TPSA) is 64.8 Å². The summed E-state index contributed by atoms with van der Waals surface area (Å²) in [4.78, 5) is 14.0. The van der Waals surface area contributed by atoms with E-state index in [1.54, 1.807) is 21.0 Å². The molecule has 0 saturated carbocycles. The minimum Gasteiger partial charge on any atom is -0.465 e. The molecular weight excluding hydrogens is 232 g/mol. The SMILES string of the molecule is CCOC(=O)C(C)(N)CN1CCC(COC)CC1. The minimum atomic E-state index is -0.913. The van der Waals surface area contributed by atoms with Gasteiger partial charge in [0.2, 0.25) is 0 Å². The lowest BCUT2D eigenvalue weighted by Crippen LogP contribution is -2.55. The molecule has 0 aromatic rings. The van der Waals surface area contributed by atoms with E-state index in [9.17, 15) is 4.79 Å². The number of ether oxygens (including phenoxy) is 2. The lowest BCUT2D eigenvalue weighted by molar-refractivity contribution is -0.149. The lowest BCUT2D eigenvalue weighted by atomic mass is 9.95. The Morgan fingerprint density at radius 3 is 2.56 bits per heavy atom. The number of piperidine rings is 1. The van der Waals surface area contributed by atoms with Gasteiger partial charge in [-0.1, -0.05) is 0 Å². The number of carbonyl (C=O) groups is 1. The van der Waals surface area contributed by atoms with Crippen molar-refractivity contribution in [3.8, 4) is 0 Å². The molecule has 1 saturated heterocycles. The Morgan fingerprint density at radius 1 is 1.44 bits per heavy atom. The van der Waals surface area contributed by atoms with E-state index in [0.717, 1.165) is 32.5 Å². The van der Waals surface area contributed by atoms with Crippen LogP contribution in [0.4, 0.5) is 0 Å². The summed E-state index contributed by atoms with van der Waals surface area (Å²) >= 11 is 0. The van der Waals surface area contributed by atoms with E-state index >= 15 is 0 Å². The number of hydrogen-bond donors (Lipinski definition) is 1. The van der Waals surface area contributed by atoms with Gasteiger partial charge >= 0.3 is 5.97 Å². The highest BCUT2D eigenvalue weighted by Gasteiger charge is 2.33. The molecule has 1 aliphatic heterocycles. The van der Waals surface area contributed by atoms with E-state index in [-0.39, 0.29) is 5.97 Å². The van der Waals surface area contributed by atoms with E-state index < -0.39 is 5.54 Å². The number of methoxy groups -OCH3 is 1. The van der Waals surface area contributed by atoms with Crippen LogP contribution < -0.4 is 5.73 Å². The smallest absolute Gasteiger partial charge is 0.327 e. The monoisotopic (exact) mass is 258 g/mol. The maximum Gasteiger partial charge on any atom is 0.327 e. The molecule has 106 valence electrons. The molecule has 1 rings (SSSR count). The predicted molar refractivity (Wildman–Crippen MR) is 70.3 cm³/mol. The van der Waals surface area contributed by atoms with Gasteiger partial charge in [0.15, 0.2) is 0 Å². The van der Waals surface area contributed by atoms with Crippen molar-refractivity contribution in [3.05, 3.63) is 0 Å². The fraction of sp³-hybridized carbons (Fsp3) is 0.923. The molecule has 1 unspecified atom stereocenters. The van der Waals surface area contributed by atoms with Crippen LogP contribution in [0.3, 0.4) is 0 Å². The quantitative estimate of drug-likeness (QED) is 0.708. The number of likely N-dealkylation sites (tertiary alicyclic amines) is 1. The third-order valence-electron chi connectivity index (χ3n) is 3.40. The van der Waals surface area contributed by atoms with Crippen molar-refractivity contribution in [2.45, 2.75) is 32.2 Å². The molecule has 0 spiro atoms. The highest BCUT2D eigenvalue weighted by atomic mass is 16.5. The van der Waals surface area contributed by atoms with Gasteiger partial charge in [0, 0.05) is 20.3 Å². The summed E-state index contributed by atoms with van der Waals surface area (Å²) in [6.45, 7) is 7.25.